The number of aryl methyl sites for hydroxylation is 1. The zero-order chi connectivity index (χ0) is 22.9. The molecule has 1 amide bonds. The van der Waals surface area contributed by atoms with Crippen LogP contribution in [0.25, 0.3) is 10.8 Å². The molecule has 0 spiro atoms. The number of hydrogen-bond acceptors (Lipinski definition) is 5. The lowest BCUT2D eigenvalue weighted by atomic mass is 10.1. The first-order chi connectivity index (χ1) is 15.3. The smallest absolute Gasteiger partial charge is 0.274 e. The molecule has 1 aliphatic heterocycles. The highest BCUT2D eigenvalue weighted by molar-refractivity contribution is 7.89. The third-order valence-electron chi connectivity index (χ3n) is 5.56. The number of carbonyl (C=O) groups excluding carboxylic acids is 1. The van der Waals surface area contributed by atoms with Crippen molar-refractivity contribution in [2.24, 2.45) is 0 Å². The van der Waals surface area contributed by atoms with Crippen LogP contribution < -0.4 is 5.56 Å². The van der Waals surface area contributed by atoms with Gasteiger partial charge >= 0.3 is 0 Å². The van der Waals surface area contributed by atoms with Crippen LogP contribution in [0.3, 0.4) is 0 Å². The van der Waals surface area contributed by atoms with Gasteiger partial charge in [0.15, 0.2) is 5.69 Å². The van der Waals surface area contributed by atoms with Crippen LogP contribution in [0, 0.1) is 5.82 Å². The van der Waals surface area contributed by atoms with Crippen LogP contribution in [-0.2, 0) is 16.6 Å². The average Bonchev–Trinajstić information content (AvgIpc) is 3.06. The van der Waals surface area contributed by atoms with Gasteiger partial charge in [0.1, 0.15) is 5.82 Å². The van der Waals surface area contributed by atoms with E-state index < -0.39 is 15.8 Å². The van der Waals surface area contributed by atoms with Gasteiger partial charge in [-0.1, -0.05) is 18.2 Å². The summed E-state index contributed by atoms with van der Waals surface area (Å²) in [5.41, 5.74) is -0.0797. The molecule has 1 fully saturated rings. The highest BCUT2D eigenvalue weighted by Crippen LogP contribution is 2.20. The molecule has 8 nitrogen and oxygen atoms in total. The van der Waals surface area contributed by atoms with E-state index >= 15 is 0 Å². The van der Waals surface area contributed by atoms with E-state index in [1.165, 1.54) is 21.1 Å². The van der Waals surface area contributed by atoms with E-state index in [9.17, 15) is 22.4 Å². The maximum atomic E-state index is 13.3. The number of halogens is 1. The van der Waals surface area contributed by atoms with Gasteiger partial charge in [0.05, 0.1) is 10.3 Å². The largest absolute Gasteiger partial charge is 0.336 e. The number of nitrogens with zero attached hydrogens (tertiary/aromatic N) is 4. The Balaban J connectivity index is 1.60. The highest BCUT2D eigenvalue weighted by Gasteiger charge is 2.30. The van der Waals surface area contributed by atoms with Crippen molar-refractivity contribution >= 4 is 26.7 Å². The van der Waals surface area contributed by atoms with Gasteiger partial charge in [-0.25, -0.2) is 17.5 Å². The first kappa shape index (κ1) is 22.1. The summed E-state index contributed by atoms with van der Waals surface area (Å²) < 4.78 is 41.7. The Hall–Kier alpha value is -3.11. The molecular formula is C22H23FN4O4S. The molecule has 32 heavy (non-hydrogen) atoms. The van der Waals surface area contributed by atoms with E-state index in [1.54, 1.807) is 36.1 Å². The summed E-state index contributed by atoms with van der Waals surface area (Å²) in [6.45, 7) is 2.99. The molecule has 0 aliphatic carbocycles. The summed E-state index contributed by atoms with van der Waals surface area (Å²) in [5.74, 6) is -0.853. The predicted octanol–water partition coefficient (Wildman–Crippen LogP) is 2.09. The molecule has 1 aromatic heterocycles. The van der Waals surface area contributed by atoms with Gasteiger partial charge in [0.25, 0.3) is 11.5 Å². The summed E-state index contributed by atoms with van der Waals surface area (Å²) in [6.07, 6.45) is 0.442. The first-order valence-electron chi connectivity index (χ1n) is 10.4. The SMILES string of the molecule is CCn1nc(C(=O)N2CCCN(S(=O)(=O)c3ccc(F)cc3)CC2)c2ccccc2c1=O. The van der Waals surface area contributed by atoms with Gasteiger partial charge < -0.3 is 4.90 Å². The van der Waals surface area contributed by atoms with Crippen molar-refractivity contribution < 1.29 is 17.6 Å². The van der Waals surface area contributed by atoms with Gasteiger partial charge in [0, 0.05) is 38.1 Å². The summed E-state index contributed by atoms with van der Waals surface area (Å²) in [4.78, 5) is 27.5. The minimum atomic E-state index is -3.80. The molecule has 2 aromatic carbocycles. The third kappa shape index (κ3) is 4.03. The molecule has 0 radical (unpaired) electrons. The molecule has 0 N–H and O–H groups in total. The van der Waals surface area contributed by atoms with Crippen molar-refractivity contribution in [3.63, 3.8) is 0 Å². The number of aromatic nitrogens is 2. The Bertz CT molecular complexity index is 1320. The van der Waals surface area contributed by atoms with Gasteiger partial charge in [0.2, 0.25) is 10.0 Å². The molecule has 168 valence electrons. The molecule has 0 atom stereocenters. The summed E-state index contributed by atoms with van der Waals surface area (Å²) in [7, 11) is -3.80. The first-order valence-corrected chi connectivity index (χ1v) is 11.8. The fraction of sp³-hybridized carbons (Fsp3) is 0.318. The van der Waals surface area contributed by atoms with E-state index in [1.807, 2.05) is 0 Å². The fourth-order valence-electron chi connectivity index (χ4n) is 3.85. The molecular weight excluding hydrogens is 435 g/mol. The van der Waals surface area contributed by atoms with Crippen LogP contribution in [0.5, 0.6) is 0 Å². The molecule has 1 aliphatic rings. The van der Waals surface area contributed by atoms with Gasteiger partial charge in [-0.15, -0.1) is 0 Å². The van der Waals surface area contributed by atoms with Crippen LogP contribution in [0.4, 0.5) is 4.39 Å². The van der Waals surface area contributed by atoms with E-state index in [0.717, 1.165) is 12.1 Å². The molecule has 3 aromatic rings. The lowest BCUT2D eigenvalue weighted by molar-refractivity contribution is 0.0758. The predicted molar refractivity (Wildman–Crippen MR) is 117 cm³/mol. The second-order valence-electron chi connectivity index (χ2n) is 7.52. The van der Waals surface area contributed by atoms with Crippen molar-refractivity contribution in [1.29, 1.82) is 0 Å². The Morgan fingerprint density at radius 3 is 2.38 bits per heavy atom. The topological polar surface area (TPSA) is 92.6 Å². The van der Waals surface area contributed by atoms with Crippen molar-refractivity contribution in [3.8, 4) is 0 Å². The Morgan fingerprint density at radius 2 is 1.69 bits per heavy atom. The lowest BCUT2D eigenvalue weighted by Gasteiger charge is -2.22. The zero-order valence-electron chi connectivity index (χ0n) is 17.6. The van der Waals surface area contributed by atoms with Crippen LogP contribution in [0.15, 0.2) is 58.2 Å². The number of sulfonamides is 1. The number of amides is 1. The van der Waals surface area contributed by atoms with Gasteiger partial charge in [-0.05, 0) is 43.7 Å². The standard InChI is InChI=1S/C22H23FN4O4S/c1-2-27-21(28)19-7-4-3-6-18(19)20(24-27)22(29)25-12-5-13-26(15-14-25)32(30,31)17-10-8-16(23)9-11-17/h3-4,6-11H,2,5,12-15H2,1H3. The number of hydrogen-bond donors (Lipinski definition) is 0. The number of benzene rings is 2. The Morgan fingerprint density at radius 1 is 1.00 bits per heavy atom. The number of rotatable bonds is 4. The monoisotopic (exact) mass is 458 g/mol. The van der Waals surface area contributed by atoms with Crippen LogP contribution in [0.1, 0.15) is 23.8 Å². The van der Waals surface area contributed by atoms with E-state index in [-0.39, 0.29) is 41.7 Å². The summed E-state index contributed by atoms with van der Waals surface area (Å²) in [5, 5.41) is 5.19. The fourth-order valence-corrected chi connectivity index (χ4v) is 5.32. The van der Waals surface area contributed by atoms with Crippen LogP contribution in [-0.4, -0.2) is 59.5 Å². The molecule has 4 rings (SSSR count). The van der Waals surface area contributed by atoms with Crippen molar-refractivity contribution in [2.75, 3.05) is 26.2 Å². The number of fused-ring (bicyclic) bond motifs is 1. The molecule has 0 unspecified atom stereocenters. The summed E-state index contributed by atoms with van der Waals surface area (Å²) >= 11 is 0. The van der Waals surface area contributed by atoms with E-state index in [2.05, 4.69) is 5.10 Å². The van der Waals surface area contributed by atoms with Crippen molar-refractivity contribution in [2.45, 2.75) is 24.8 Å². The third-order valence-corrected chi connectivity index (χ3v) is 7.48. The van der Waals surface area contributed by atoms with Crippen LogP contribution >= 0.6 is 0 Å². The maximum Gasteiger partial charge on any atom is 0.274 e. The lowest BCUT2D eigenvalue weighted by Crippen LogP contribution is -2.38. The Kier molecular flexibility index (Phi) is 6.07. The zero-order valence-corrected chi connectivity index (χ0v) is 18.4. The van der Waals surface area contributed by atoms with Gasteiger partial charge in [-0.2, -0.15) is 9.40 Å². The minimum absolute atomic E-state index is 0.0151. The van der Waals surface area contributed by atoms with E-state index in [4.69, 9.17) is 0 Å². The van der Waals surface area contributed by atoms with E-state index in [0.29, 0.717) is 30.3 Å². The normalized spacial score (nSPS) is 15.6. The second-order valence-corrected chi connectivity index (χ2v) is 9.46. The molecule has 0 bridgehead atoms. The second kappa shape index (κ2) is 8.79. The molecule has 2 heterocycles. The Labute approximate surface area is 184 Å². The summed E-state index contributed by atoms with van der Waals surface area (Å²) in [6, 6.07) is 11.5. The highest BCUT2D eigenvalue weighted by atomic mass is 32.2. The molecule has 1 saturated heterocycles. The molecule has 0 saturated carbocycles. The van der Waals surface area contributed by atoms with Crippen LogP contribution in [0.2, 0.25) is 0 Å². The van der Waals surface area contributed by atoms with Crippen molar-refractivity contribution in [1.82, 2.24) is 19.0 Å². The molecule has 10 heteroatoms. The quantitative estimate of drug-likeness (QED) is 0.597. The van der Waals surface area contributed by atoms with Gasteiger partial charge in [-0.3, -0.25) is 9.59 Å². The average molecular weight is 459 g/mol. The maximum absolute atomic E-state index is 13.3. The minimum Gasteiger partial charge on any atom is -0.336 e. The number of carbonyl (C=O) groups is 1. The van der Waals surface area contributed by atoms with Crippen molar-refractivity contribution in [3.05, 3.63) is 70.4 Å².